The molecule has 0 atom stereocenters. The molecule has 1 amide bonds. The number of benzene rings is 2. The van der Waals surface area contributed by atoms with Crippen molar-refractivity contribution in [2.45, 2.75) is 30.8 Å². The Morgan fingerprint density at radius 1 is 1.24 bits per heavy atom. The van der Waals surface area contributed by atoms with Crippen LogP contribution >= 0.6 is 35.0 Å². The number of amides is 1. The van der Waals surface area contributed by atoms with Gasteiger partial charge in [0.05, 0.1) is 27.2 Å². The summed E-state index contributed by atoms with van der Waals surface area (Å²) in [6, 6.07) is 8.49. The Bertz CT molecular complexity index is 1270. The van der Waals surface area contributed by atoms with E-state index in [2.05, 4.69) is 20.6 Å². The van der Waals surface area contributed by atoms with Gasteiger partial charge in [0, 0.05) is 23.0 Å². The molecular weight excluding hydrogens is 484 g/mol. The fraction of sp³-hybridized carbons (Fsp3) is 0.261. The Balaban J connectivity index is 1.42. The Kier molecular flexibility index (Phi) is 5.73. The molecule has 2 aromatic carbocycles. The number of thioether (sulfide) groups is 1. The zero-order valence-corrected chi connectivity index (χ0v) is 20.2. The Hall–Kier alpha value is -2.39. The minimum absolute atomic E-state index is 0.276. The number of nitrogens with one attached hydrogen (secondary N) is 2. The third-order valence-electron chi connectivity index (χ3n) is 5.78. The predicted octanol–water partition coefficient (Wildman–Crippen LogP) is 5.76. The van der Waals surface area contributed by atoms with E-state index in [1.54, 1.807) is 18.2 Å². The highest BCUT2D eigenvalue weighted by atomic mass is 35.5. The Labute approximate surface area is 204 Å². The first kappa shape index (κ1) is 22.4. The highest BCUT2D eigenvalue weighted by Crippen LogP contribution is 2.40. The van der Waals surface area contributed by atoms with Crippen LogP contribution in [0.4, 0.5) is 21.7 Å². The average molecular weight is 504 g/mol. The highest BCUT2D eigenvalue weighted by molar-refractivity contribution is 7.99. The van der Waals surface area contributed by atoms with Crippen molar-refractivity contribution in [1.29, 1.82) is 0 Å². The topological polar surface area (TPSA) is 70.2 Å². The van der Waals surface area contributed by atoms with E-state index in [-0.39, 0.29) is 11.7 Å². The molecule has 0 bridgehead atoms. The Morgan fingerprint density at radius 2 is 2.00 bits per heavy atom. The number of hydrogen-bond donors (Lipinski definition) is 2. The van der Waals surface area contributed by atoms with E-state index < -0.39 is 5.54 Å². The maximum Gasteiger partial charge on any atom is 0.263 e. The number of halogens is 3. The Morgan fingerprint density at radius 3 is 2.76 bits per heavy atom. The predicted molar refractivity (Wildman–Crippen MR) is 130 cm³/mol. The van der Waals surface area contributed by atoms with Crippen LogP contribution in [0.2, 0.25) is 10.0 Å². The molecule has 33 heavy (non-hydrogen) atoms. The van der Waals surface area contributed by atoms with Gasteiger partial charge in [-0.2, -0.15) is 0 Å². The van der Waals surface area contributed by atoms with E-state index in [0.717, 1.165) is 18.5 Å². The number of carbonyl (C=O) groups is 1. The number of rotatable bonds is 3. The van der Waals surface area contributed by atoms with Crippen LogP contribution in [0.1, 0.15) is 35.3 Å². The quantitative estimate of drug-likeness (QED) is 0.443. The molecule has 2 aliphatic heterocycles. The molecule has 0 aliphatic carbocycles. The van der Waals surface area contributed by atoms with Crippen molar-refractivity contribution < 1.29 is 9.18 Å². The second-order valence-electron chi connectivity index (χ2n) is 8.41. The van der Waals surface area contributed by atoms with Crippen molar-refractivity contribution in [3.8, 4) is 0 Å². The summed E-state index contributed by atoms with van der Waals surface area (Å²) in [5, 5.41) is 7.76. The zero-order valence-electron chi connectivity index (χ0n) is 17.9. The van der Waals surface area contributed by atoms with Crippen LogP contribution in [0.3, 0.4) is 0 Å². The van der Waals surface area contributed by atoms with Gasteiger partial charge in [0.15, 0.2) is 0 Å². The van der Waals surface area contributed by atoms with Crippen molar-refractivity contribution in [3.63, 3.8) is 0 Å². The lowest BCUT2D eigenvalue weighted by molar-refractivity contribution is 0.0985. The summed E-state index contributed by atoms with van der Waals surface area (Å²) in [6.45, 7) is 4.73. The van der Waals surface area contributed by atoms with Gasteiger partial charge in [-0.15, -0.1) is 0 Å². The smallest absolute Gasteiger partial charge is 0.263 e. The maximum atomic E-state index is 14.9. The lowest BCUT2D eigenvalue weighted by Crippen LogP contribution is -2.43. The number of anilines is 3. The van der Waals surface area contributed by atoms with Gasteiger partial charge in [0.2, 0.25) is 5.95 Å². The number of carbonyl (C=O) groups excluding carboxylic acids is 1. The highest BCUT2D eigenvalue weighted by Gasteiger charge is 2.32. The van der Waals surface area contributed by atoms with Crippen molar-refractivity contribution in [2.75, 3.05) is 22.6 Å². The average Bonchev–Trinajstić information content (AvgIpc) is 2.74. The molecular formula is C23H20Cl2FN5OS. The number of para-hydroxylation sites is 1. The fourth-order valence-corrected chi connectivity index (χ4v) is 5.83. The monoisotopic (exact) mass is 503 g/mol. The van der Waals surface area contributed by atoms with Crippen LogP contribution in [0.25, 0.3) is 0 Å². The standard InChI is InChI=1S/C23H20Cl2FN5OS/c1-23(2)18-12(6-7-28-23)8-13(9-17(18)26)29-22-27-10-14-20(30-22)33-11-31(21(14)32)19-15(24)4-3-5-16(19)25/h3-5,8-10,28H,6-7,11H2,1-2H3,(H,27,29,30). The van der Waals surface area contributed by atoms with Crippen LogP contribution in [0, 0.1) is 5.82 Å². The molecule has 10 heteroatoms. The molecule has 0 radical (unpaired) electrons. The van der Waals surface area contributed by atoms with E-state index in [1.165, 1.54) is 28.9 Å². The van der Waals surface area contributed by atoms with Crippen LogP contribution in [-0.4, -0.2) is 28.3 Å². The molecule has 5 rings (SSSR count). The summed E-state index contributed by atoms with van der Waals surface area (Å²) in [6.07, 6.45) is 2.21. The van der Waals surface area contributed by atoms with Crippen LogP contribution in [0.5, 0.6) is 0 Å². The maximum absolute atomic E-state index is 14.9. The van der Waals surface area contributed by atoms with E-state index >= 15 is 0 Å². The van der Waals surface area contributed by atoms with Gasteiger partial charge >= 0.3 is 0 Å². The van der Waals surface area contributed by atoms with E-state index in [0.29, 0.717) is 49.4 Å². The molecule has 0 saturated carbocycles. The summed E-state index contributed by atoms with van der Waals surface area (Å²) >= 11 is 14.0. The van der Waals surface area contributed by atoms with Gasteiger partial charge in [-0.05, 0) is 56.6 Å². The summed E-state index contributed by atoms with van der Waals surface area (Å²) in [5.41, 5.74) is 2.61. The van der Waals surface area contributed by atoms with Crippen molar-refractivity contribution in [3.05, 3.63) is 69.1 Å². The van der Waals surface area contributed by atoms with E-state index in [1.807, 2.05) is 19.9 Å². The van der Waals surface area contributed by atoms with Gasteiger partial charge < -0.3 is 10.6 Å². The van der Waals surface area contributed by atoms with Gasteiger partial charge in [-0.3, -0.25) is 9.69 Å². The number of fused-ring (bicyclic) bond motifs is 2. The molecule has 0 fully saturated rings. The second-order valence-corrected chi connectivity index (χ2v) is 10.2. The zero-order chi connectivity index (χ0) is 23.3. The van der Waals surface area contributed by atoms with Gasteiger partial charge in [-0.1, -0.05) is 41.0 Å². The second kappa shape index (κ2) is 8.43. The molecule has 1 aromatic heterocycles. The van der Waals surface area contributed by atoms with Gasteiger partial charge in [0.25, 0.3) is 5.91 Å². The largest absolute Gasteiger partial charge is 0.324 e. The first-order chi connectivity index (χ1) is 15.7. The molecule has 3 aromatic rings. The molecule has 0 spiro atoms. The van der Waals surface area contributed by atoms with Crippen molar-refractivity contribution >= 4 is 58.2 Å². The summed E-state index contributed by atoms with van der Waals surface area (Å²) < 4.78 is 14.9. The lowest BCUT2D eigenvalue weighted by atomic mass is 9.84. The van der Waals surface area contributed by atoms with Crippen LogP contribution in [0.15, 0.2) is 41.6 Å². The van der Waals surface area contributed by atoms with Crippen molar-refractivity contribution in [2.24, 2.45) is 0 Å². The van der Waals surface area contributed by atoms with E-state index in [9.17, 15) is 9.18 Å². The molecule has 0 unspecified atom stereocenters. The molecule has 2 aliphatic rings. The van der Waals surface area contributed by atoms with Crippen LogP contribution in [-0.2, 0) is 12.0 Å². The van der Waals surface area contributed by atoms with Gasteiger partial charge in [0.1, 0.15) is 10.8 Å². The molecule has 6 nitrogen and oxygen atoms in total. The summed E-state index contributed by atoms with van der Waals surface area (Å²) in [7, 11) is 0. The SMILES string of the molecule is CC1(C)NCCc2cc(Nc3ncc4c(n3)SCN(c3c(Cl)cccc3Cl)C4=O)cc(F)c21. The summed E-state index contributed by atoms with van der Waals surface area (Å²) in [5.74, 6) is 0.0500. The minimum Gasteiger partial charge on any atom is -0.324 e. The number of aromatic nitrogens is 2. The summed E-state index contributed by atoms with van der Waals surface area (Å²) in [4.78, 5) is 23.4. The third-order valence-corrected chi connectivity index (χ3v) is 7.36. The van der Waals surface area contributed by atoms with E-state index in [4.69, 9.17) is 23.2 Å². The van der Waals surface area contributed by atoms with Crippen LogP contribution < -0.4 is 15.5 Å². The normalized spacial score (nSPS) is 16.9. The van der Waals surface area contributed by atoms with Gasteiger partial charge in [-0.25, -0.2) is 14.4 Å². The molecule has 2 N–H and O–H groups in total. The molecule has 0 saturated heterocycles. The number of nitrogens with zero attached hydrogens (tertiary/aromatic N) is 3. The minimum atomic E-state index is -0.425. The lowest BCUT2D eigenvalue weighted by Gasteiger charge is -2.34. The van der Waals surface area contributed by atoms with Crippen molar-refractivity contribution in [1.82, 2.24) is 15.3 Å². The first-order valence-electron chi connectivity index (χ1n) is 10.4. The fourth-order valence-electron chi connectivity index (χ4n) is 4.29. The number of hydrogen-bond acceptors (Lipinski definition) is 6. The third kappa shape index (κ3) is 4.05. The first-order valence-corrected chi connectivity index (χ1v) is 12.1. The molecule has 3 heterocycles. The molecule has 170 valence electrons.